The van der Waals surface area contributed by atoms with Crippen LogP contribution in [0.5, 0.6) is 0 Å². The highest BCUT2D eigenvalue weighted by molar-refractivity contribution is 8.00. The van der Waals surface area contributed by atoms with E-state index in [-0.39, 0.29) is 42.0 Å². The topological polar surface area (TPSA) is 116 Å². The maximum Gasteiger partial charge on any atom is 0.341 e. The van der Waals surface area contributed by atoms with E-state index in [0.29, 0.717) is 20.8 Å². The Bertz CT molecular complexity index is 1490. The number of thiophene rings is 1. The molecule has 1 aromatic carbocycles. The van der Waals surface area contributed by atoms with Crippen LogP contribution in [0.15, 0.2) is 23.2 Å². The number of carbonyl (C=O) groups is 4. The summed E-state index contributed by atoms with van der Waals surface area (Å²) in [7, 11) is 0. The minimum Gasteiger partial charge on any atom is -0.465 e. The van der Waals surface area contributed by atoms with Crippen molar-refractivity contribution in [3.63, 3.8) is 0 Å². The number of aryl methyl sites for hydroxylation is 1. The molecule has 1 aliphatic rings. The first-order valence-corrected chi connectivity index (χ1v) is 15.8. The average molecular weight is 608 g/mol. The van der Waals surface area contributed by atoms with Gasteiger partial charge in [-0.05, 0) is 63.3 Å². The van der Waals surface area contributed by atoms with Gasteiger partial charge in [0.2, 0.25) is 5.91 Å². The summed E-state index contributed by atoms with van der Waals surface area (Å²) in [5, 5.41) is 3.33. The molecule has 3 aromatic rings. The molecule has 40 heavy (non-hydrogen) atoms. The van der Waals surface area contributed by atoms with E-state index in [4.69, 9.17) is 9.47 Å². The normalized spacial score (nSPS) is 13.5. The van der Waals surface area contributed by atoms with Gasteiger partial charge in [0.05, 0.1) is 40.5 Å². The molecule has 1 aliphatic carbocycles. The summed E-state index contributed by atoms with van der Waals surface area (Å²) in [6.07, 6.45) is 4.77. The molecule has 0 fully saturated rings. The van der Waals surface area contributed by atoms with Gasteiger partial charge in [-0.3, -0.25) is 14.4 Å². The summed E-state index contributed by atoms with van der Waals surface area (Å²) in [6.45, 7) is 3.71. The summed E-state index contributed by atoms with van der Waals surface area (Å²) < 4.78 is 26.1. The first kappa shape index (κ1) is 29.9. The number of nitrogens with zero attached hydrogens (tertiary/aromatic N) is 2. The van der Waals surface area contributed by atoms with Gasteiger partial charge in [0.1, 0.15) is 17.4 Å². The van der Waals surface area contributed by atoms with Crippen molar-refractivity contribution in [2.45, 2.75) is 52.5 Å². The number of hydrogen-bond acceptors (Lipinski definition) is 9. The first-order chi connectivity index (χ1) is 19.3. The van der Waals surface area contributed by atoms with Crippen LogP contribution in [0.3, 0.4) is 0 Å². The average Bonchev–Trinajstić information content (AvgIpc) is 3.30. The van der Waals surface area contributed by atoms with Gasteiger partial charge in [0.25, 0.3) is 5.91 Å². The third kappa shape index (κ3) is 7.38. The Labute approximate surface area is 242 Å². The number of benzene rings is 1. The van der Waals surface area contributed by atoms with Crippen molar-refractivity contribution in [1.29, 1.82) is 0 Å². The molecule has 0 saturated carbocycles. The molecule has 0 aliphatic heterocycles. The molecule has 0 saturated heterocycles. The van der Waals surface area contributed by atoms with Crippen LogP contribution in [0.1, 0.15) is 53.9 Å². The number of halogens is 1. The molecule has 0 bridgehead atoms. The molecule has 0 unspecified atom stereocenters. The highest BCUT2D eigenvalue weighted by atomic mass is 32.2. The maximum atomic E-state index is 13.8. The van der Waals surface area contributed by atoms with Gasteiger partial charge in [-0.15, -0.1) is 23.1 Å². The van der Waals surface area contributed by atoms with Gasteiger partial charge in [-0.1, -0.05) is 17.8 Å². The van der Waals surface area contributed by atoms with Crippen molar-refractivity contribution in [3.8, 4) is 0 Å². The lowest BCUT2D eigenvalue weighted by Crippen LogP contribution is -2.23. The number of carbonyl (C=O) groups excluding carboxylic acids is 4. The zero-order chi connectivity index (χ0) is 28.6. The fraction of sp³-hybridized carbons (Fsp3) is 0.444. The second kappa shape index (κ2) is 14.0. The van der Waals surface area contributed by atoms with Crippen LogP contribution in [-0.2, 0) is 43.2 Å². The fourth-order valence-corrected chi connectivity index (χ4v) is 7.37. The summed E-state index contributed by atoms with van der Waals surface area (Å²) in [5.41, 5.74) is 1.97. The van der Waals surface area contributed by atoms with E-state index < -0.39 is 23.7 Å². The van der Waals surface area contributed by atoms with Crippen LogP contribution in [-0.4, -0.2) is 53.0 Å². The van der Waals surface area contributed by atoms with Gasteiger partial charge in [0, 0.05) is 4.88 Å². The lowest BCUT2D eigenvalue weighted by Gasteiger charge is -2.08. The summed E-state index contributed by atoms with van der Waals surface area (Å²) in [6, 6.07) is 4.12. The van der Waals surface area contributed by atoms with Gasteiger partial charge >= 0.3 is 11.9 Å². The van der Waals surface area contributed by atoms with Crippen LogP contribution >= 0.6 is 34.4 Å². The van der Waals surface area contributed by atoms with Crippen molar-refractivity contribution >= 4 is 73.4 Å². The smallest absolute Gasteiger partial charge is 0.341 e. The number of nitrogens with one attached hydrogen (secondary N) is 1. The molecule has 0 spiro atoms. The van der Waals surface area contributed by atoms with E-state index in [2.05, 4.69) is 10.3 Å². The third-order valence-electron chi connectivity index (χ3n) is 6.07. The zero-order valence-electron chi connectivity index (χ0n) is 22.2. The van der Waals surface area contributed by atoms with E-state index in [1.54, 1.807) is 13.8 Å². The predicted molar refractivity (Wildman–Crippen MR) is 154 cm³/mol. The highest BCUT2D eigenvalue weighted by Crippen LogP contribution is 2.38. The Kier molecular flexibility index (Phi) is 10.5. The standard InChI is InChI=1S/C27H30FN3O6S3/c1-3-36-23(34)13-31-18-11-10-16(28)12-20(18)40-27(31)30-22(33)15-38-14-21(32)29-25-24(26(35)37-4-2)17-8-6-5-7-9-19(17)39-25/h10-12H,3-9,13-15H2,1-2H3,(H,29,32). The molecular formula is C27H30FN3O6S3. The largest absolute Gasteiger partial charge is 0.465 e. The predicted octanol–water partition coefficient (Wildman–Crippen LogP) is 4.71. The Morgan fingerprint density at radius 1 is 1.05 bits per heavy atom. The molecule has 13 heteroatoms. The molecule has 0 radical (unpaired) electrons. The molecular weight excluding hydrogens is 578 g/mol. The number of anilines is 1. The number of thioether (sulfide) groups is 1. The number of rotatable bonds is 10. The monoisotopic (exact) mass is 607 g/mol. The summed E-state index contributed by atoms with van der Waals surface area (Å²) in [4.78, 5) is 55.7. The first-order valence-electron chi connectivity index (χ1n) is 13.0. The SMILES string of the molecule is CCOC(=O)Cn1c(=NC(=O)CSCC(=O)Nc2sc3c(c2C(=O)OCC)CCCCC3)sc2cc(F)ccc21. The van der Waals surface area contributed by atoms with Gasteiger partial charge < -0.3 is 19.4 Å². The molecule has 2 heterocycles. The Morgan fingerprint density at radius 3 is 2.60 bits per heavy atom. The number of fused-ring (bicyclic) bond motifs is 2. The van der Waals surface area contributed by atoms with E-state index in [1.165, 1.54) is 34.1 Å². The van der Waals surface area contributed by atoms with E-state index in [1.807, 2.05) is 0 Å². The Hall–Kier alpha value is -3.03. The molecule has 4 rings (SSSR count). The molecule has 9 nitrogen and oxygen atoms in total. The summed E-state index contributed by atoms with van der Waals surface area (Å²) >= 11 is 3.59. The van der Waals surface area contributed by atoms with E-state index in [0.717, 1.165) is 65.6 Å². The Balaban J connectivity index is 1.43. The van der Waals surface area contributed by atoms with Crippen LogP contribution in [0.2, 0.25) is 0 Å². The molecule has 214 valence electrons. The molecule has 2 aromatic heterocycles. The van der Waals surface area contributed by atoms with Gasteiger partial charge in [-0.25, -0.2) is 9.18 Å². The lowest BCUT2D eigenvalue weighted by molar-refractivity contribution is -0.143. The maximum absolute atomic E-state index is 13.8. The lowest BCUT2D eigenvalue weighted by atomic mass is 10.1. The van der Waals surface area contributed by atoms with Crippen LogP contribution in [0.4, 0.5) is 9.39 Å². The van der Waals surface area contributed by atoms with Crippen LogP contribution < -0.4 is 10.1 Å². The number of aromatic nitrogens is 1. The van der Waals surface area contributed by atoms with Gasteiger partial charge in [0.15, 0.2) is 4.80 Å². The minimum atomic E-state index is -0.502. The Morgan fingerprint density at radius 2 is 1.82 bits per heavy atom. The number of amides is 2. The van der Waals surface area contributed by atoms with E-state index in [9.17, 15) is 23.6 Å². The zero-order valence-corrected chi connectivity index (χ0v) is 24.7. The summed E-state index contributed by atoms with van der Waals surface area (Å²) in [5.74, 6) is -2.32. The quantitative estimate of drug-likeness (QED) is 0.262. The van der Waals surface area contributed by atoms with Crippen LogP contribution in [0, 0.1) is 5.82 Å². The number of hydrogen-bond donors (Lipinski definition) is 1. The van der Waals surface area contributed by atoms with Crippen molar-refractivity contribution < 1.29 is 33.0 Å². The molecule has 2 amide bonds. The number of thiazole rings is 1. The van der Waals surface area contributed by atoms with Crippen LogP contribution in [0.25, 0.3) is 10.2 Å². The second-order valence-electron chi connectivity index (χ2n) is 8.92. The number of esters is 2. The number of ether oxygens (including phenoxy) is 2. The van der Waals surface area contributed by atoms with Crippen molar-refractivity contribution in [2.24, 2.45) is 4.99 Å². The third-order valence-corrected chi connectivity index (χ3v) is 9.24. The molecule has 0 atom stereocenters. The van der Waals surface area contributed by atoms with Gasteiger partial charge in [-0.2, -0.15) is 4.99 Å². The fourth-order valence-electron chi connectivity index (χ4n) is 4.40. The van der Waals surface area contributed by atoms with Crippen molar-refractivity contribution in [2.75, 3.05) is 30.0 Å². The minimum absolute atomic E-state index is 0.0213. The van der Waals surface area contributed by atoms with E-state index >= 15 is 0 Å². The van der Waals surface area contributed by atoms with Crippen molar-refractivity contribution in [1.82, 2.24) is 4.57 Å². The second-order valence-corrected chi connectivity index (χ2v) is 12.0. The molecule has 1 N–H and O–H groups in total. The highest BCUT2D eigenvalue weighted by Gasteiger charge is 2.26. The van der Waals surface area contributed by atoms with Crippen molar-refractivity contribution in [3.05, 3.63) is 44.8 Å².